The highest BCUT2D eigenvalue weighted by Gasteiger charge is 2.54. The number of alkyl halides is 1. The van der Waals surface area contributed by atoms with Gasteiger partial charge in [0, 0.05) is 12.7 Å². The van der Waals surface area contributed by atoms with Crippen molar-refractivity contribution < 1.29 is 54.2 Å². The molecule has 3 saturated heterocycles. The van der Waals surface area contributed by atoms with Gasteiger partial charge >= 0.3 is 14.6 Å². The number of aromatic nitrogens is 7. The van der Waals surface area contributed by atoms with Crippen molar-refractivity contribution in [3.63, 3.8) is 0 Å². The first kappa shape index (κ1) is 35.9. The summed E-state index contributed by atoms with van der Waals surface area (Å²) in [7, 11) is -5.10. The molecule has 0 spiro atoms. The van der Waals surface area contributed by atoms with Crippen LogP contribution in [-0.2, 0) is 52.7 Å². The van der Waals surface area contributed by atoms with E-state index in [-0.39, 0.29) is 24.3 Å². The molecule has 4 aliphatic heterocycles. The molecular weight excluding hydrogens is 856 g/mol. The van der Waals surface area contributed by atoms with Gasteiger partial charge in [0.1, 0.15) is 77.6 Å². The molecule has 0 saturated carbocycles. The van der Waals surface area contributed by atoms with Crippen LogP contribution in [-0.4, -0.2) is 107 Å². The highest BCUT2D eigenvalue weighted by Crippen LogP contribution is 2.58. The Hall–Kier alpha value is -2.12. The molecule has 4 aliphatic rings. The summed E-state index contributed by atoms with van der Waals surface area (Å²) >= 11 is 5.76. The van der Waals surface area contributed by atoms with Crippen LogP contribution in [0.2, 0.25) is 0 Å². The standard InChI is InChI=1S/C26H30FIN8O12P2S/c27-16-19-14(46-25(16)35-6-12-2-1-3-29-21-15(12)22(35)31-9-30-21)8-43-49(39,40)47-20-18(37)13(7-44-50(41,51)48-19)45-26(20)36-11-32-17-23(36)33-10-34(24(17)38)4-5-42-28/h6,9-11,13-14,16,18-20,25-26,37H,1-5,7-8H2,(H,39,40)(H,41,51)(H,29,30,31)/t13-,14-,16-,18-,19-,20-,25-,26-,50+/m1/s1. The number of nitrogens with one attached hydrogen (secondary N) is 1. The Labute approximate surface area is 305 Å². The van der Waals surface area contributed by atoms with Gasteiger partial charge in [0.2, 0.25) is 0 Å². The lowest BCUT2D eigenvalue weighted by molar-refractivity contribution is -0.0628. The molecule has 51 heavy (non-hydrogen) atoms. The fourth-order valence-electron chi connectivity index (χ4n) is 6.66. The zero-order valence-electron chi connectivity index (χ0n) is 26.1. The highest BCUT2D eigenvalue weighted by molar-refractivity contribution is 14.1. The second-order valence-corrected chi connectivity index (χ2v) is 17.0. The predicted octanol–water partition coefficient (Wildman–Crippen LogP) is 2.21. The molecule has 1 unspecified atom stereocenters. The Bertz CT molecular complexity index is 2130. The van der Waals surface area contributed by atoms with Crippen molar-refractivity contribution in [2.24, 2.45) is 0 Å². The van der Waals surface area contributed by atoms with Crippen LogP contribution in [0, 0.1) is 0 Å². The van der Waals surface area contributed by atoms with Crippen LogP contribution in [0.4, 0.5) is 10.2 Å². The molecule has 25 heteroatoms. The van der Waals surface area contributed by atoms with Crippen molar-refractivity contribution in [2.45, 2.75) is 68.5 Å². The molecule has 3 fully saturated rings. The van der Waals surface area contributed by atoms with E-state index in [1.54, 1.807) is 29.2 Å². The third-order valence-electron chi connectivity index (χ3n) is 9.00. The highest BCUT2D eigenvalue weighted by atomic mass is 127. The van der Waals surface area contributed by atoms with E-state index >= 15 is 4.39 Å². The lowest BCUT2D eigenvalue weighted by atomic mass is 10.1. The van der Waals surface area contributed by atoms with Gasteiger partial charge in [-0.2, -0.15) is 0 Å². The summed E-state index contributed by atoms with van der Waals surface area (Å²) in [6.07, 6.45) is -5.68. The van der Waals surface area contributed by atoms with Crippen molar-refractivity contribution in [3.05, 3.63) is 41.1 Å². The van der Waals surface area contributed by atoms with E-state index in [0.29, 0.717) is 29.8 Å². The number of nitrogens with zero attached hydrogens (tertiary/aromatic N) is 7. The summed E-state index contributed by atoms with van der Waals surface area (Å²) in [5.74, 6) is 0.587. The Kier molecular flexibility index (Phi) is 9.81. The summed E-state index contributed by atoms with van der Waals surface area (Å²) in [5.41, 5.74) is 0.684. The minimum atomic E-state index is -5.10. The molecule has 0 amide bonds. The normalized spacial score (nSPS) is 35.9. The first-order valence-corrected chi connectivity index (χ1v) is 20.7. The molecule has 8 rings (SSSR count). The molecule has 4 aromatic rings. The summed E-state index contributed by atoms with van der Waals surface area (Å²) in [4.78, 5) is 41.0. The lowest BCUT2D eigenvalue weighted by Crippen LogP contribution is -2.35. The lowest BCUT2D eigenvalue weighted by Gasteiger charge is -2.25. The summed E-state index contributed by atoms with van der Waals surface area (Å²) in [5, 5.41) is 15.1. The maximum Gasteiger partial charge on any atom is 0.472 e. The maximum absolute atomic E-state index is 16.4. The quantitative estimate of drug-likeness (QED) is 0.128. The number of aliphatic hydroxyl groups excluding tert-OH is 1. The van der Waals surface area contributed by atoms with Gasteiger partial charge in [-0.15, -0.1) is 0 Å². The van der Waals surface area contributed by atoms with Crippen molar-refractivity contribution >= 4 is 77.9 Å². The Morgan fingerprint density at radius 1 is 1.04 bits per heavy atom. The van der Waals surface area contributed by atoms with Crippen LogP contribution >= 0.6 is 49.9 Å². The Morgan fingerprint density at radius 2 is 1.84 bits per heavy atom. The molecule has 8 heterocycles. The molecule has 10 atom stereocenters. The van der Waals surface area contributed by atoms with E-state index in [1.807, 2.05) is 0 Å². The summed E-state index contributed by atoms with van der Waals surface area (Å²) in [6.45, 7) is -4.75. The summed E-state index contributed by atoms with van der Waals surface area (Å²) in [6, 6.07) is 0. The number of aliphatic hydroxyl groups is 1. The predicted molar refractivity (Wildman–Crippen MR) is 183 cm³/mol. The van der Waals surface area contributed by atoms with Gasteiger partial charge in [0.05, 0.1) is 38.1 Å². The number of hydrogen-bond donors (Lipinski definition) is 4. The topological polar surface area (TPSA) is 235 Å². The second-order valence-electron chi connectivity index (χ2n) is 12.1. The molecule has 0 aliphatic carbocycles. The summed E-state index contributed by atoms with van der Waals surface area (Å²) < 4.78 is 86.2. The van der Waals surface area contributed by atoms with Crippen molar-refractivity contribution in [3.8, 4) is 0 Å². The number of phosphoric ester groups is 1. The van der Waals surface area contributed by atoms with Crippen LogP contribution in [0.5, 0.6) is 0 Å². The van der Waals surface area contributed by atoms with E-state index in [2.05, 4.69) is 37.5 Å². The van der Waals surface area contributed by atoms with Gasteiger partial charge in [-0.25, -0.2) is 33.5 Å². The number of anilines is 1. The van der Waals surface area contributed by atoms with Crippen molar-refractivity contribution in [1.82, 2.24) is 33.6 Å². The van der Waals surface area contributed by atoms with E-state index in [0.717, 1.165) is 12.0 Å². The van der Waals surface area contributed by atoms with Crippen molar-refractivity contribution in [2.75, 3.05) is 31.7 Å². The van der Waals surface area contributed by atoms with Crippen LogP contribution in [0.15, 0.2) is 30.0 Å². The second kappa shape index (κ2) is 13.9. The van der Waals surface area contributed by atoms with Crippen LogP contribution < -0.4 is 10.9 Å². The van der Waals surface area contributed by atoms with Gasteiger partial charge in [-0.1, -0.05) is 12.2 Å². The molecule has 0 radical (unpaired) electrons. The number of halogens is 2. The number of imidazole rings is 1. The van der Waals surface area contributed by atoms with E-state index in [4.69, 9.17) is 30.6 Å². The first-order chi connectivity index (χ1) is 24.4. The molecule has 0 aromatic carbocycles. The fourth-order valence-corrected chi connectivity index (χ4v) is 9.28. The van der Waals surface area contributed by atoms with Gasteiger partial charge in [-0.05, 0) is 18.4 Å². The SMILES string of the molecule is O=c1c2ncn([C@@H]3O[C@@H]4CO[P@](=O)(S)O[C@H]5[C@@H](F)[C@H](n6cc7c8c(ncnc86)NCCC7)O[C@@H]5COP(=O)(O)O[C@@H]3[C@@H]4O)c2ncn1CCOI. The zero-order chi connectivity index (χ0) is 35.7. The van der Waals surface area contributed by atoms with Gasteiger partial charge in [-0.3, -0.25) is 32.0 Å². The molecule has 4 aromatic heterocycles. The molecular formula is C26H30FIN8O12P2S. The van der Waals surface area contributed by atoms with Crippen LogP contribution in [0.25, 0.3) is 22.2 Å². The zero-order valence-corrected chi connectivity index (χ0v) is 30.9. The maximum atomic E-state index is 16.4. The average Bonchev–Trinajstić information content (AvgIpc) is 3.80. The minimum absolute atomic E-state index is 0.0131. The van der Waals surface area contributed by atoms with Crippen LogP contribution in [0.3, 0.4) is 0 Å². The fraction of sp³-hybridized carbons (Fsp3) is 0.577. The van der Waals surface area contributed by atoms with E-state index in [9.17, 15) is 23.9 Å². The number of ether oxygens (including phenoxy) is 2. The Morgan fingerprint density at radius 3 is 2.67 bits per heavy atom. The number of rotatable bonds is 5. The number of thiol groups is 1. The smallest absolute Gasteiger partial charge is 0.387 e. The third-order valence-corrected chi connectivity index (χ3v) is 12.0. The number of aryl methyl sites for hydroxylation is 1. The van der Waals surface area contributed by atoms with Gasteiger partial charge in [0.25, 0.3) is 5.56 Å². The van der Waals surface area contributed by atoms with Gasteiger partial charge < -0.3 is 32.4 Å². The molecule has 276 valence electrons. The van der Waals surface area contributed by atoms with Gasteiger partial charge in [0.15, 0.2) is 29.8 Å². The monoisotopic (exact) mass is 886 g/mol. The number of phosphoric acid groups is 1. The minimum Gasteiger partial charge on any atom is -0.387 e. The van der Waals surface area contributed by atoms with E-state index in [1.165, 1.54) is 32.7 Å². The largest absolute Gasteiger partial charge is 0.472 e. The van der Waals surface area contributed by atoms with E-state index < -0.39 is 82.5 Å². The number of hydrogen-bond acceptors (Lipinski definition) is 16. The number of fused-ring (bicyclic) bond motifs is 4. The van der Waals surface area contributed by atoms with Crippen LogP contribution in [0.1, 0.15) is 24.4 Å². The molecule has 3 N–H and O–H groups in total. The molecule has 20 nitrogen and oxygen atoms in total. The third kappa shape index (κ3) is 6.67. The Balaban J connectivity index is 1.09. The first-order valence-electron chi connectivity index (χ1n) is 15.6. The van der Waals surface area contributed by atoms with Crippen molar-refractivity contribution in [1.29, 1.82) is 0 Å². The molecule has 2 bridgehead atoms. The average molecular weight is 886 g/mol.